The second-order valence-corrected chi connectivity index (χ2v) is 7.87. The number of aromatic hydroxyl groups is 2. The van der Waals surface area contributed by atoms with Gasteiger partial charge in [0, 0.05) is 19.2 Å². The van der Waals surface area contributed by atoms with Gasteiger partial charge >= 0.3 is 0 Å². The maximum Gasteiger partial charge on any atom is 0.258 e. The van der Waals surface area contributed by atoms with Crippen molar-refractivity contribution in [3.63, 3.8) is 0 Å². The summed E-state index contributed by atoms with van der Waals surface area (Å²) in [6.45, 7) is 4.71. The van der Waals surface area contributed by atoms with E-state index in [1.807, 2.05) is 6.07 Å². The highest BCUT2D eigenvalue weighted by Gasteiger charge is 2.32. The number of amides is 1. The van der Waals surface area contributed by atoms with Crippen molar-refractivity contribution >= 4 is 17.5 Å². The normalized spacial score (nSPS) is 16.7. The Kier molecular flexibility index (Phi) is 6.47. The Bertz CT molecular complexity index is 856. The minimum absolute atomic E-state index is 0.0316. The monoisotopic (exact) mass is 402 g/mol. The molecule has 3 rings (SSSR count). The molecule has 1 heterocycles. The number of benzene rings is 2. The van der Waals surface area contributed by atoms with Crippen LogP contribution in [0.25, 0.3) is 0 Å². The SMILES string of the molecule is CCCN(C)Cc1cccc(C2CCCN2C(=O)c2cc(Cl)c(O)cc2O)c1. The van der Waals surface area contributed by atoms with Gasteiger partial charge < -0.3 is 20.0 Å². The lowest BCUT2D eigenvalue weighted by molar-refractivity contribution is 0.0732. The number of carbonyl (C=O) groups excluding carboxylic acids is 1. The minimum Gasteiger partial charge on any atom is -0.507 e. The van der Waals surface area contributed by atoms with Crippen molar-refractivity contribution in [1.82, 2.24) is 9.80 Å². The molecule has 1 fully saturated rings. The van der Waals surface area contributed by atoms with E-state index in [1.54, 1.807) is 4.90 Å². The molecule has 0 bridgehead atoms. The third-order valence-electron chi connectivity index (χ3n) is 5.20. The molecule has 1 unspecified atom stereocenters. The Labute approximate surface area is 171 Å². The third-order valence-corrected chi connectivity index (χ3v) is 5.51. The Balaban J connectivity index is 1.83. The molecule has 1 amide bonds. The predicted octanol–water partition coefficient (Wildman–Crippen LogP) is 4.57. The molecule has 1 atom stereocenters. The zero-order valence-corrected chi connectivity index (χ0v) is 17.1. The van der Waals surface area contributed by atoms with Crippen LogP contribution in [0.1, 0.15) is 53.7 Å². The summed E-state index contributed by atoms with van der Waals surface area (Å²) in [5.41, 5.74) is 2.45. The smallest absolute Gasteiger partial charge is 0.258 e. The summed E-state index contributed by atoms with van der Waals surface area (Å²) in [4.78, 5) is 17.2. The number of hydrogen-bond acceptors (Lipinski definition) is 4. The highest BCUT2D eigenvalue weighted by molar-refractivity contribution is 6.32. The zero-order valence-electron chi connectivity index (χ0n) is 16.4. The lowest BCUT2D eigenvalue weighted by atomic mass is 10.0. The first-order valence-electron chi connectivity index (χ1n) is 9.70. The number of likely N-dealkylation sites (tertiary alicyclic amines) is 1. The Hall–Kier alpha value is -2.24. The van der Waals surface area contributed by atoms with Gasteiger partial charge in [-0.3, -0.25) is 4.79 Å². The van der Waals surface area contributed by atoms with E-state index in [1.165, 1.54) is 11.6 Å². The number of phenolic OH excluding ortho intramolecular Hbond substituents is 2. The number of rotatable bonds is 6. The molecule has 0 radical (unpaired) electrons. The molecule has 2 N–H and O–H groups in total. The Morgan fingerprint density at radius 2 is 2.04 bits per heavy atom. The average Bonchev–Trinajstić information content (AvgIpc) is 3.14. The quantitative estimate of drug-likeness (QED) is 0.742. The molecule has 1 aliphatic heterocycles. The van der Waals surface area contributed by atoms with E-state index < -0.39 is 0 Å². The zero-order chi connectivity index (χ0) is 20.3. The number of halogens is 1. The molecule has 28 heavy (non-hydrogen) atoms. The summed E-state index contributed by atoms with van der Waals surface area (Å²) in [6.07, 6.45) is 2.90. The average molecular weight is 403 g/mol. The summed E-state index contributed by atoms with van der Waals surface area (Å²) in [5, 5.41) is 19.8. The van der Waals surface area contributed by atoms with Crippen molar-refractivity contribution in [1.29, 1.82) is 0 Å². The fourth-order valence-corrected chi connectivity index (χ4v) is 4.07. The molecular formula is C22H27ClN2O3. The van der Waals surface area contributed by atoms with E-state index >= 15 is 0 Å². The van der Waals surface area contributed by atoms with Crippen LogP contribution < -0.4 is 0 Å². The van der Waals surface area contributed by atoms with Crippen LogP contribution in [0, 0.1) is 0 Å². The first kappa shape index (κ1) is 20.5. The minimum atomic E-state index is -0.268. The molecule has 0 saturated carbocycles. The van der Waals surface area contributed by atoms with Gasteiger partial charge in [-0.15, -0.1) is 0 Å². The Morgan fingerprint density at radius 3 is 2.79 bits per heavy atom. The van der Waals surface area contributed by atoms with Crippen molar-refractivity contribution in [3.8, 4) is 11.5 Å². The van der Waals surface area contributed by atoms with Gasteiger partial charge in [-0.2, -0.15) is 0 Å². The summed E-state index contributed by atoms with van der Waals surface area (Å²) < 4.78 is 0. The van der Waals surface area contributed by atoms with Crippen LogP contribution >= 0.6 is 11.6 Å². The van der Waals surface area contributed by atoms with Crippen molar-refractivity contribution < 1.29 is 15.0 Å². The van der Waals surface area contributed by atoms with Gasteiger partial charge in [-0.1, -0.05) is 42.8 Å². The maximum absolute atomic E-state index is 13.1. The molecular weight excluding hydrogens is 376 g/mol. The summed E-state index contributed by atoms with van der Waals surface area (Å²) in [7, 11) is 2.11. The van der Waals surface area contributed by atoms with E-state index in [-0.39, 0.29) is 34.0 Å². The van der Waals surface area contributed by atoms with Gasteiger partial charge in [-0.05, 0) is 50.0 Å². The van der Waals surface area contributed by atoms with Gasteiger partial charge in [0.15, 0.2) is 0 Å². The van der Waals surface area contributed by atoms with Gasteiger partial charge in [0.05, 0.1) is 16.6 Å². The van der Waals surface area contributed by atoms with E-state index in [4.69, 9.17) is 11.6 Å². The lowest BCUT2D eigenvalue weighted by Gasteiger charge is -2.26. The molecule has 0 spiro atoms. The third kappa shape index (κ3) is 4.42. The summed E-state index contributed by atoms with van der Waals surface area (Å²) >= 11 is 5.95. The van der Waals surface area contributed by atoms with Gasteiger partial charge in [0.25, 0.3) is 5.91 Å². The number of carbonyl (C=O) groups is 1. The topological polar surface area (TPSA) is 64.0 Å². The molecule has 6 heteroatoms. The van der Waals surface area contributed by atoms with E-state index in [0.29, 0.717) is 6.54 Å². The highest BCUT2D eigenvalue weighted by Crippen LogP contribution is 2.37. The number of phenols is 2. The van der Waals surface area contributed by atoms with Crippen LogP contribution in [0.2, 0.25) is 5.02 Å². The van der Waals surface area contributed by atoms with Crippen LogP contribution in [0.4, 0.5) is 0 Å². The van der Waals surface area contributed by atoms with Crippen molar-refractivity contribution in [2.75, 3.05) is 20.1 Å². The van der Waals surface area contributed by atoms with Crippen LogP contribution in [-0.2, 0) is 6.54 Å². The molecule has 1 saturated heterocycles. The van der Waals surface area contributed by atoms with Gasteiger partial charge in [-0.25, -0.2) is 0 Å². The number of nitrogens with zero attached hydrogens (tertiary/aromatic N) is 2. The predicted molar refractivity (Wildman–Crippen MR) is 111 cm³/mol. The Morgan fingerprint density at radius 1 is 1.25 bits per heavy atom. The molecule has 150 valence electrons. The second kappa shape index (κ2) is 8.84. The second-order valence-electron chi connectivity index (χ2n) is 7.46. The van der Waals surface area contributed by atoms with Crippen LogP contribution in [0.3, 0.4) is 0 Å². The fourth-order valence-electron chi connectivity index (χ4n) is 3.90. The van der Waals surface area contributed by atoms with E-state index in [9.17, 15) is 15.0 Å². The van der Waals surface area contributed by atoms with Crippen LogP contribution in [0.5, 0.6) is 11.5 Å². The van der Waals surface area contributed by atoms with Crippen molar-refractivity contribution in [3.05, 3.63) is 58.1 Å². The molecule has 0 aliphatic carbocycles. The first-order chi connectivity index (χ1) is 13.4. The van der Waals surface area contributed by atoms with Gasteiger partial charge in [0.2, 0.25) is 0 Å². The van der Waals surface area contributed by atoms with E-state index in [0.717, 1.165) is 44.0 Å². The molecule has 2 aromatic carbocycles. The first-order valence-corrected chi connectivity index (χ1v) is 10.1. The van der Waals surface area contributed by atoms with Crippen molar-refractivity contribution in [2.24, 2.45) is 0 Å². The molecule has 1 aliphatic rings. The summed E-state index contributed by atoms with van der Waals surface area (Å²) in [5.74, 6) is -0.763. The summed E-state index contributed by atoms with van der Waals surface area (Å²) in [6, 6.07) is 10.8. The van der Waals surface area contributed by atoms with Crippen LogP contribution in [0.15, 0.2) is 36.4 Å². The van der Waals surface area contributed by atoms with Crippen LogP contribution in [-0.4, -0.2) is 46.1 Å². The largest absolute Gasteiger partial charge is 0.507 e. The highest BCUT2D eigenvalue weighted by atomic mass is 35.5. The molecule has 5 nitrogen and oxygen atoms in total. The fraction of sp³-hybridized carbons (Fsp3) is 0.409. The van der Waals surface area contributed by atoms with Crippen molar-refractivity contribution in [2.45, 2.75) is 38.8 Å². The maximum atomic E-state index is 13.1. The van der Waals surface area contributed by atoms with Gasteiger partial charge in [0.1, 0.15) is 11.5 Å². The molecule has 0 aromatic heterocycles. The standard InChI is InChI=1S/C22H27ClN2O3/c1-3-9-24(2)14-15-6-4-7-16(11-15)19-8-5-10-25(19)22(28)17-12-18(23)21(27)13-20(17)26/h4,6-7,11-13,19,26-27H,3,5,8-10,14H2,1-2H3. The lowest BCUT2D eigenvalue weighted by Crippen LogP contribution is -2.30. The van der Waals surface area contributed by atoms with E-state index in [2.05, 4.69) is 37.1 Å². The molecule has 2 aromatic rings. The number of hydrogen-bond donors (Lipinski definition) is 2.